The topological polar surface area (TPSA) is 75.9 Å². The minimum atomic E-state index is -0.759. The zero-order valence-corrected chi connectivity index (χ0v) is 16.4. The van der Waals surface area contributed by atoms with E-state index < -0.39 is 5.66 Å². The average Bonchev–Trinajstić information content (AvgIpc) is 3.33. The van der Waals surface area contributed by atoms with Gasteiger partial charge in [0.05, 0.1) is 11.3 Å². The van der Waals surface area contributed by atoms with Crippen LogP contribution in [0.5, 0.6) is 0 Å². The van der Waals surface area contributed by atoms with Gasteiger partial charge in [0.2, 0.25) is 0 Å². The van der Waals surface area contributed by atoms with Crippen molar-refractivity contribution in [1.82, 2.24) is 25.1 Å². The van der Waals surface area contributed by atoms with Crippen LogP contribution in [0.2, 0.25) is 0 Å². The van der Waals surface area contributed by atoms with E-state index in [0.717, 1.165) is 22.5 Å². The number of carbonyl (C=O) groups is 1. The maximum atomic E-state index is 13.6. The molecule has 0 aliphatic carbocycles. The highest BCUT2D eigenvalue weighted by molar-refractivity contribution is 6.02. The fraction of sp³-hybridized carbons (Fsp3) is 0.130. The van der Waals surface area contributed by atoms with E-state index in [1.807, 2.05) is 90.7 Å². The van der Waals surface area contributed by atoms with Crippen LogP contribution in [-0.2, 0) is 12.2 Å². The number of nitrogens with one attached hydrogen (secondary N) is 1. The highest BCUT2D eigenvalue weighted by Gasteiger charge is 2.42. The van der Waals surface area contributed by atoms with Gasteiger partial charge in [-0.05, 0) is 52.7 Å². The summed E-state index contributed by atoms with van der Waals surface area (Å²) in [7, 11) is 0. The molecule has 7 heteroatoms. The molecule has 30 heavy (non-hydrogen) atoms. The quantitative estimate of drug-likeness (QED) is 0.570. The lowest BCUT2D eigenvalue weighted by Gasteiger charge is -2.47. The molecule has 148 valence electrons. The van der Waals surface area contributed by atoms with Crippen molar-refractivity contribution in [3.8, 4) is 5.69 Å². The van der Waals surface area contributed by atoms with Gasteiger partial charge in [-0.25, -0.2) is 4.68 Å². The molecule has 0 radical (unpaired) electrons. The molecule has 1 aromatic heterocycles. The number of anilines is 1. The number of para-hydroxylation sites is 1. The highest BCUT2D eigenvalue weighted by atomic mass is 16.2. The Morgan fingerprint density at radius 3 is 2.57 bits per heavy atom. The average molecular weight is 396 g/mol. The van der Waals surface area contributed by atoms with Gasteiger partial charge < -0.3 is 10.2 Å². The number of hydrogen-bond donors (Lipinski definition) is 1. The molecule has 5 rings (SSSR count). The molecule has 1 atom stereocenters. The molecule has 1 N–H and O–H groups in total. The van der Waals surface area contributed by atoms with E-state index in [0.29, 0.717) is 12.1 Å². The van der Waals surface area contributed by atoms with Gasteiger partial charge in [0.15, 0.2) is 0 Å². The van der Waals surface area contributed by atoms with E-state index >= 15 is 0 Å². The molecule has 0 saturated carbocycles. The van der Waals surface area contributed by atoms with Crippen LogP contribution < -0.4 is 5.32 Å². The molecule has 1 unspecified atom stereocenters. The first-order valence-electron chi connectivity index (χ1n) is 9.72. The maximum absolute atomic E-state index is 13.6. The molecule has 3 aromatic carbocycles. The van der Waals surface area contributed by atoms with E-state index in [1.165, 1.54) is 0 Å². The third kappa shape index (κ3) is 3.00. The fourth-order valence-electron chi connectivity index (χ4n) is 3.91. The summed E-state index contributed by atoms with van der Waals surface area (Å²) in [5.41, 5.74) is 3.56. The van der Waals surface area contributed by atoms with Gasteiger partial charge >= 0.3 is 0 Å². The molecule has 0 fully saturated rings. The Balaban J connectivity index is 1.63. The summed E-state index contributed by atoms with van der Waals surface area (Å²) in [6, 6.07) is 25.5. The van der Waals surface area contributed by atoms with E-state index in [-0.39, 0.29) is 5.91 Å². The third-order valence-corrected chi connectivity index (χ3v) is 5.53. The monoisotopic (exact) mass is 396 g/mol. The number of aromatic nitrogens is 4. The number of carbonyl (C=O) groups excluding carboxylic acids is 1. The van der Waals surface area contributed by atoms with Crippen LogP contribution in [0.25, 0.3) is 5.69 Å². The Bertz CT molecular complexity index is 1190. The Hall–Kier alpha value is -4.00. The van der Waals surface area contributed by atoms with Crippen LogP contribution >= 0.6 is 0 Å². The van der Waals surface area contributed by atoms with Crippen molar-refractivity contribution in [2.24, 2.45) is 0 Å². The zero-order chi connectivity index (χ0) is 20.6. The summed E-state index contributed by atoms with van der Waals surface area (Å²) < 4.78 is 1.60. The molecular formula is C23H20N6O. The van der Waals surface area contributed by atoms with Crippen LogP contribution in [0.15, 0.2) is 85.2 Å². The zero-order valence-electron chi connectivity index (χ0n) is 16.4. The Morgan fingerprint density at radius 1 is 0.967 bits per heavy atom. The van der Waals surface area contributed by atoms with Crippen molar-refractivity contribution < 1.29 is 4.79 Å². The number of benzene rings is 3. The summed E-state index contributed by atoms with van der Waals surface area (Å²) in [5.74, 6) is -0.0106. The highest BCUT2D eigenvalue weighted by Crippen LogP contribution is 2.39. The molecule has 0 spiro atoms. The molecule has 7 nitrogen and oxygen atoms in total. The Kier molecular flexibility index (Phi) is 4.28. The van der Waals surface area contributed by atoms with Crippen LogP contribution in [0.1, 0.15) is 28.4 Å². The van der Waals surface area contributed by atoms with Crippen molar-refractivity contribution in [3.63, 3.8) is 0 Å². The maximum Gasteiger partial charge on any atom is 0.258 e. The normalized spacial score (nSPS) is 18.0. The van der Waals surface area contributed by atoms with Crippen molar-refractivity contribution in [3.05, 3.63) is 102 Å². The van der Waals surface area contributed by atoms with Gasteiger partial charge in [0.25, 0.3) is 5.91 Å². The predicted octanol–water partition coefficient (Wildman–Crippen LogP) is 3.60. The number of rotatable bonds is 4. The molecule has 1 aliphatic heterocycles. The molecule has 1 amide bonds. The lowest BCUT2D eigenvalue weighted by atomic mass is 9.92. The second kappa shape index (κ2) is 7.11. The van der Waals surface area contributed by atoms with Gasteiger partial charge in [-0.15, -0.1) is 5.10 Å². The van der Waals surface area contributed by atoms with Crippen molar-refractivity contribution >= 4 is 11.6 Å². The fourth-order valence-corrected chi connectivity index (χ4v) is 3.91. The largest absolute Gasteiger partial charge is 0.358 e. The number of nitrogens with zero attached hydrogens (tertiary/aromatic N) is 5. The van der Waals surface area contributed by atoms with Crippen LogP contribution in [-0.4, -0.2) is 31.0 Å². The number of fused-ring (bicyclic) bond motifs is 1. The van der Waals surface area contributed by atoms with Gasteiger partial charge in [-0.1, -0.05) is 54.6 Å². The third-order valence-electron chi connectivity index (χ3n) is 5.53. The van der Waals surface area contributed by atoms with Gasteiger partial charge in [0.1, 0.15) is 12.0 Å². The van der Waals surface area contributed by atoms with Gasteiger partial charge in [-0.2, -0.15) is 0 Å². The van der Waals surface area contributed by atoms with Crippen LogP contribution in [0.4, 0.5) is 5.69 Å². The first kappa shape index (κ1) is 18.1. The van der Waals surface area contributed by atoms with E-state index in [4.69, 9.17) is 0 Å². The molecule has 0 saturated heterocycles. The van der Waals surface area contributed by atoms with E-state index in [2.05, 4.69) is 20.8 Å². The summed E-state index contributed by atoms with van der Waals surface area (Å²) >= 11 is 0. The molecule has 4 aromatic rings. The first-order chi connectivity index (χ1) is 14.6. The molecule has 0 bridgehead atoms. The summed E-state index contributed by atoms with van der Waals surface area (Å²) in [4.78, 5) is 15.5. The Morgan fingerprint density at radius 2 is 1.77 bits per heavy atom. The second-order valence-electron chi connectivity index (χ2n) is 7.42. The number of tetrazole rings is 1. The van der Waals surface area contributed by atoms with E-state index in [9.17, 15) is 4.79 Å². The van der Waals surface area contributed by atoms with Crippen LogP contribution in [0, 0.1) is 0 Å². The SMILES string of the molecule is CC1(c2cccc(-n3cnnn3)c2)Nc2ccccc2C(=O)N1Cc1ccccc1. The summed E-state index contributed by atoms with van der Waals surface area (Å²) in [5, 5.41) is 15.0. The predicted molar refractivity (Wildman–Crippen MR) is 113 cm³/mol. The van der Waals surface area contributed by atoms with Gasteiger partial charge in [0, 0.05) is 12.2 Å². The van der Waals surface area contributed by atoms with Crippen molar-refractivity contribution in [1.29, 1.82) is 0 Å². The lowest BCUT2D eigenvalue weighted by molar-refractivity contribution is 0.0509. The molecular weight excluding hydrogens is 376 g/mol. The minimum absolute atomic E-state index is 0.0106. The standard InChI is InChI=1S/C23H20N6O/c1-23(18-10-7-11-19(14-18)29-16-24-26-27-29)25-21-13-6-5-12-20(21)22(30)28(23)15-17-8-3-2-4-9-17/h2-14,16,25H,15H2,1H3. The van der Waals surface area contributed by atoms with E-state index in [1.54, 1.807) is 11.0 Å². The minimum Gasteiger partial charge on any atom is -0.358 e. The second-order valence-corrected chi connectivity index (χ2v) is 7.42. The lowest BCUT2D eigenvalue weighted by Crippen LogP contribution is -2.55. The van der Waals surface area contributed by atoms with Gasteiger partial charge in [-0.3, -0.25) is 4.79 Å². The molecule has 2 heterocycles. The van der Waals surface area contributed by atoms with Crippen molar-refractivity contribution in [2.75, 3.05) is 5.32 Å². The number of hydrogen-bond acceptors (Lipinski definition) is 5. The summed E-state index contributed by atoms with van der Waals surface area (Å²) in [6.45, 7) is 2.51. The summed E-state index contributed by atoms with van der Waals surface area (Å²) in [6.07, 6.45) is 1.55. The van der Waals surface area contributed by atoms with Crippen LogP contribution in [0.3, 0.4) is 0 Å². The Labute approximate surface area is 174 Å². The molecule has 1 aliphatic rings. The first-order valence-corrected chi connectivity index (χ1v) is 9.72. The number of amides is 1. The van der Waals surface area contributed by atoms with Crippen molar-refractivity contribution in [2.45, 2.75) is 19.1 Å². The smallest absolute Gasteiger partial charge is 0.258 e.